The van der Waals surface area contributed by atoms with Gasteiger partial charge in [0, 0.05) is 13.2 Å². The Bertz CT molecular complexity index is 268. The summed E-state index contributed by atoms with van der Waals surface area (Å²) < 4.78 is 22.8. The predicted molar refractivity (Wildman–Crippen MR) is 68.0 cm³/mol. The van der Waals surface area contributed by atoms with Crippen molar-refractivity contribution in [3.63, 3.8) is 0 Å². The highest BCUT2D eigenvalue weighted by Crippen LogP contribution is 2.40. The molecule has 2 rings (SSSR count). The van der Waals surface area contributed by atoms with Crippen LogP contribution in [0, 0.1) is 0 Å². The van der Waals surface area contributed by atoms with Gasteiger partial charge in [0.2, 0.25) is 0 Å². The summed E-state index contributed by atoms with van der Waals surface area (Å²) in [5, 5.41) is 0. The van der Waals surface area contributed by atoms with E-state index in [4.69, 9.17) is 18.6 Å². The van der Waals surface area contributed by atoms with E-state index in [2.05, 4.69) is 20.8 Å². The van der Waals surface area contributed by atoms with Gasteiger partial charge in [-0.25, -0.2) is 0 Å². The average Bonchev–Trinajstić information content (AvgIpc) is 2.46. The normalized spacial score (nSPS) is 33.2. The fourth-order valence-corrected chi connectivity index (χ4v) is 2.53. The average molecular weight is 240 g/mol. The first-order valence-electron chi connectivity index (χ1n) is 6.52. The lowest BCUT2D eigenvalue weighted by Crippen LogP contribution is -2.46. The Morgan fingerprint density at radius 3 is 2.24 bits per heavy atom. The second kappa shape index (κ2) is 4.92. The van der Waals surface area contributed by atoms with Gasteiger partial charge in [-0.05, 0) is 46.8 Å². The maximum Gasteiger partial charge on any atom is 0.456 e. The summed E-state index contributed by atoms with van der Waals surface area (Å²) in [6.07, 6.45) is 2.74. The SMILES string of the molecule is CB1OC(C)(C)C(C)(CCB2OCCCO2)O1. The molecule has 2 fully saturated rings. The lowest BCUT2D eigenvalue weighted by Gasteiger charge is -2.37. The Kier molecular flexibility index (Phi) is 3.88. The van der Waals surface area contributed by atoms with Gasteiger partial charge in [0.05, 0.1) is 11.2 Å². The molecule has 2 saturated heterocycles. The summed E-state index contributed by atoms with van der Waals surface area (Å²) in [6, 6.07) is 0. The minimum atomic E-state index is -0.267. The van der Waals surface area contributed by atoms with Crippen molar-refractivity contribution in [1.82, 2.24) is 0 Å². The molecule has 4 nitrogen and oxygen atoms in total. The molecule has 17 heavy (non-hydrogen) atoms. The maximum atomic E-state index is 5.92. The zero-order chi connectivity index (χ0) is 12.5. The maximum absolute atomic E-state index is 5.92. The molecular weight excluding hydrogens is 218 g/mol. The molecule has 0 aromatic carbocycles. The summed E-state index contributed by atoms with van der Waals surface area (Å²) in [5.74, 6) is 0. The molecule has 2 heterocycles. The number of hydrogen-bond donors (Lipinski definition) is 0. The van der Waals surface area contributed by atoms with Gasteiger partial charge in [-0.15, -0.1) is 0 Å². The molecule has 0 aromatic heterocycles. The summed E-state index contributed by atoms with van der Waals surface area (Å²) in [7, 11) is -0.209. The minimum Gasteiger partial charge on any atom is -0.411 e. The van der Waals surface area contributed by atoms with E-state index >= 15 is 0 Å². The van der Waals surface area contributed by atoms with Crippen LogP contribution in [0.1, 0.15) is 33.6 Å². The van der Waals surface area contributed by atoms with Crippen molar-refractivity contribution in [1.29, 1.82) is 0 Å². The molecule has 2 aliphatic rings. The molecule has 2 aliphatic heterocycles. The minimum absolute atomic E-state index is 0.0733. The first-order valence-corrected chi connectivity index (χ1v) is 6.52. The van der Waals surface area contributed by atoms with E-state index in [9.17, 15) is 0 Å². The molecule has 0 radical (unpaired) electrons. The van der Waals surface area contributed by atoms with Crippen LogP contribution in [0.4, 0.5) is 0 Å². The Labute approximate surface area is 105 Å². The van der Waals surface area contributed by atoms with Crippen LogP contribution in [0.15, 0.2) is 0 Å². The number of rotatable bonds is 3. The molecule has 0 N–H and O–H groups in total. The molecule has 0 amide bonds. The van der Waals surface area contributed by atoms with Crippen LogP contribution >= 0.6 is 0 Å². The van der Waals surface area contributed by atoms with Gasteiger partial charge in [-0.3, -0.25) is 0 Å². The van der Waals surface area contributed by atoms with E-state index in [1.54, 1.807) is 0 Å². The molecule has 0 spiro atoms. The quantitative estimate of drug-likeness (QED) is 0.707. The van der Waals surface area contributed by atoms with Crippen LogP contribution in [-0.2, 0) is 18.6 Å². The summed E-state index contributed by atoms with van der Waals surface area (Å²) in [5.41, 5.74) is -0.530. The van der Waals surface area contributed by atoms with Crippen LogP contribution in [0.3, 0.4) is 0 Å². The van der Waals surface area contributed by atoms with E-state index in [0.29, 0.717) is 0 Å². The second-order valence-electron chi connectivity index (χ2n) is 5.61. The second-order valence-corrected chi connectivity index (χ2v) is 5.61. The zero-order valence-corrected chi connectivity index (χ0v) is 11.3. The van der Waals surface area contributed by atoms with E-state index < -0.39 is 0 Å². The highest BCUT2D eigenvalue weighted by molar-refractivity contribution is 6.45. The van der Waals surface area contributed by atoms with Crippen molar-refractivity contribution >= 4 is 14.2 Å². The summed E-state index contributed by atoms with van der Waals surface area (Å²) in [4.78, 5) is 0. The lowest BCUT2D eigenvalue weighted by atomic mass is 9.73. The fraction of sp³-hybridized carbons (Fsp3) is 1.00. The molecule has 6 heteroatoms. The van der Waals surface area contributed by atoms with Crippen LogP contribution in [-0.4, -0.2) is 38.7 Å². The summed E-state index contributed by atoms with van der Waals surface area (Å²) in [6.45, 7) is 9.83. The molecular formula is C11H22B2O4. The Balaban J connectivity index is 1.88. The van der Waals surface area contributed by atoms with Gasteiger partial charge in [0.25, 0.3) is 0 Å². The van der Waals surface area contributed by atoms with Crippen molar-refractivity contribution in [2.24, 2.45) is 0 Å². The molecule has 96 valence electrons. The zero-order valence-electron chi connectivity index (χ0n) is 11.3. The van der Waals surface area contributed by atoms with Crippen molar-refractivity contribution in [2.75, 3.05) is 13.2 Å². The number of hydrogen-bond acceptors (Lipinski definition) is 4. The lowest BCUT2D eigenvalue weighted by molar-refractivity contribution is -0.0140. The largest absolute Gasteiger partial charge is 0.456 e. The fourth-order valence-electron chi connectivity index (χ4n) is 2.53. The highest BCUT2D eigenvalue weighted by Gasteiger charge is 2.52. The van der Waals surface area contributed by atoms with Gasteiger partial charge in [-0.1, -0.05) is 0 Å². The molecule has 0 aromatic rings. The highest BCUT2D eigenvalue weighted by atomic mass is 16.7. The standard InChI is InChI=1S/C11H22B2O4/c1-10(2)11(3,17-12(4)16-10)6-7-13-14-8-5-9-15-13/h5-9H2,1-4H3. The smallest absolute Gasteiger partial charge is 0.411 e. The Morgan fingerprint density at radius 1 is 1.06 bits per heavy atom. The third-order valence-corrected chi connectivity index (χ3v) is 3.91. The molecule has 0 aliphatic carbocycles. The topological polar surface area (TPSA) is 36.9 Å². The van der Waals surface area contributed by atoms with Gasteiger partial charge in [0.1, 0.15) is 0 Å². The first-order chi connectivity index (χ1) is 7.93. The van der Waals surface area contributed by atoms with Crippen molar-refractivity contribution in [3.8, 4) is 0 Å². The van der Waals surface area contributed by atoms with Crippen LogP contribution in [0.25, 0.3) is 0 Å². The molecule has 0 bridgehead atoms. The van der Waals surface area contributed by atoms with Gasteiger partial charge in [-0.2, -0.15) is 0 Å². The van der Waals surface area contributed by atoms with Crippen molar-refractivity contribution in [3.05, 3.63) is 0 Å². The van der Waals surface area contributed by atoms with Crippen LogP contribution < -0.4 is 0 Å². The van der Waals surface area contributed by atoms with Crippen LogP contribution in [0.2, 0.25) is 13.1 Å². The van der Waals surface area contributed by atoms with E-state index in [1.807, 2.05) is 6.82 Å². The predicted octanol–water partition coefficient (Wildman–Crippen LogP) is 2.00. The summed E-state index contributed by atoms with van der Waals surface area (Å²) >= 11 is 0. The Morgan fingerprint density at radius 2 is 1.71 bits per heavy atom. The van der Waals surface area contributed by atoms with E-state index in [0.717, 1.165) is 32.4 Å². The van der Waals surface area contributed by atoms with Gasteiger partial charge < -0.3 is 18.6 Å². The van der Waals surface area contributed by atoms with Gasteiger partial charge in [0.15, 0.2) is 0 Å². The molecule has 1 atom stereocenters. The van der Waals surface area contributed by atoms with E-state index in [1.165, 1.54) is 0 Å². The van der Waals surface area contributed by atoms with Crippen LogP contribution in [0.5, 0.6) is 0 Å². The van der Waals surface area contributed by atoms with Crippen molar-refractivity contribution in [2.45, 2.75) is 58.0 Å². The van der Waals surface area contributed by atoms with E-state index in [-0.39, 0.29) is 25.4 Å². The third-order valence-electron chi connectivity index (χ3n) is 3.91. The molecule has 0 saturated carbocycles. The molecule has 1 unspecified atom stereocenters. The van der Waals surface area contributed by atoms with Gasteiger partial charge >= 0.3 is 14.2 Å². The Hall–Kier alpha value is -0.0301. The first kappa shape index (κ1) is 13.4. The van der Waals surface area contributed by atoms with Crippen molar-refractivity contribution < 1.29 is 18.6 Å². The third kappa shape index (κ3) is 2.87. The monoisotopic (exact) mass is 240 g/mol.